The molecule has 0 spiro atoms. The minimum absolute atomic E-state index is 0. The van der Waals surface area contributed by atoms with Crippen LogP contribution in [0.4, 0.5) is 0 Å². The van der Waals surface area contributed by atoms with E-state index in [0.29, 0.717) is 11.1 Å². The average Bonchev–Trinajstić information content (AvgIpc) is 2.68. The summed E-state index contributed by atoms with van der Waals surface area (Å²) in [6.45, 7) is 4.80. The third-order valence-corrected chi connectivity index (χ3v) is 4.86. The Balaban J connectivity index is 0.00000243. The third kappa shape index (κ3) is 4.26. The van der Waals surface area contributed by atoms with Crippen molar-refractivity contribution >= 4 is 18.4 Å². The molecule has 4 nitrogen and oxygen atoms in total. The number of rotatable bonds is 5. The molecule has 1 heterocycles. The largest absolute Gasteiger partial charge is 0.458 e. The Morgan fingerprint density at radius 1 is 1.12 bits per heavy atom. The Kier molecular flexibility index (Phi) is 7.21. The molecule has 0 aliphatic carbocycles. The molecule has 1 unspecified atom stereocenters. The summed E-state index contributed by atoms with van der Waals surface area (Å²) in [5.74, 6) is -0.604. The standard InChI is InChI=1S/C21H25NO3.ClH/c1-2-22-15-9-14-19(16-22)25-20(23)21(24,17-10-5-3-6-11-17)18-12-7-4-8-13-18;/h3-8,10-13,19,24H,2,9,14-16H2,1H3;1H. The molecule has 0 radical (unpaired) electrons. The van der Waals surface area contributed by atoms with Crippen LogP contribution in [0.15, 0.2) is 60.7 Å². The van der Waals surface area contributed by atoms with E-state index in [1.807, 2.05) is 36.4 Å². The summed E-state index contributed by atoms with van der Waals surface area (Å²) in [6.07, 6.45) is 1.66. The zero-order valence-electron chi connectivity index (χ0n) is 15.0. The maximum Gasteiger partial charge on any atom is 0.348 e. The highest BCUT2D eigenvalue weighted by Gasteiger charge is 2.43. The molecule has 1 N–H and O–H groups in total. The van der Waals surface area contributed by atoms with Crippen LogP contribution in [0.2, 0.25) is 0 Å². The van der Waals surface area contributed by atoms with Crippen LogP contribution in [0.25, 0.3) is 0 Å². The summed E-state index contributed by atoms with van der Waals surface area (Å²) in [5.41, 5.74) is -0.750. The van der Waals surface area contributed by atoms with Gasteiger partial charge in [-0.3, -0.25) is 4.90 Å². The predicted octanol–water partition coefficient (Wildman–Crippen LogP) is 3.37. The molecular formula is C21H26ClNO3. The van der Waals surface area contributed by atoms with Crippen LogP contribution in [-0.4, -0.2) is 41.7 Å². The van der Waals surface area contributed by atoms with Gasteiger partial charge in [-0.05, 0) is 37.1 Å². The van der Waals surface area contributed by atoms with Crippen molar-refractivity contribution < 1.29 is 14.6 Å². The van der Waals surface area contributed by atoms with Crippen LogP contribution in [-0.2, 0) is 15.1 Å². The van der Waals surface area contributed by atoms with E-state index < -0.39 is 11.6 Å². The molecule has 0 bridgehead atoms. The fourth-order valence-electron chi connectivity index (χ4n) is 3.39. The van der Waals surface area contributed by atoms with E-state index in [9.17, 15) is 9.90 Å². The van der Waals surface area contributed by atoms with Crippen molar-refractivity contribution in [2.45, 2.75) is 31.5 Å². The van der Waals surface area contributed by atoms with Crippen molar-refractivity contribution in [2.75, 3.05) is 19.6 Å². The monoisotopic (exact) mass is 375 g/mol. The molecule has 140 valence electrons. The molecule has 26 heavy (non-hydrogen) atoms. The van der Waals surface area contributed by atoms with Gasteiger partial charge in [0.15, 0.2) is 0 Å². The molecule has 1 aliphatic heterocycles. The van der Waals surface area contributed by atoms with Gasteiger partial charge in [0.1, 0.15) is 6.10 Å². The maximum absolute atomic E-state index is 13.0. The van der Waals surface area contributed by atoms with E-state index >= 15 is 0 Å². The van der Waals surface area contributed by atoms with Crippen LogP contribution in [0.3, 0.4) is 0 Å². The summed E-state index contributed by atoms with van der Waals surface area (Å²) in [7, 11) is 0. The van der Waals surface area contributed by atoms with E-state index in [2.05, 4.69) is 11.8 Å². The van der Waals surface area contributed by atoms with E-state index in [1.165, 1.54) is 0 Å². The quantitative estimate of drug-likeness (QED) is 0.814. The van der Waals surface area contributed by atoms with Gasteiger partial charge in [-0.1, -0.05) is 67.6 Å². The molecule has 5 heteroatoms. The lowest BCUT2D eigenvalue weighted by atomic mass is 9.86. The van der Waals surface area contributed by atoms with E-state index in [-0.39, 0.29) is 18.5 Å². The number of ether oxygens (including phenoxy) is 1. The van der Waals surface area contributed by atoms with Crippen molar-refractivity contribution in [3.63, 3.8) is 0 Å². The zero-order chi connectivity index (χ0) is 17.7. The molecule has 0 saturated carbocycles. The van der Waals surface area contributed by atoms with Crippen LogP contribution in [0.5, 0.6) is 0 Å². The number of carbonyl (C=O) groups excluding carboxylic acids is 1. The van der Waals surface area contributed by atoms with E-state index in [1.54, 1.807) is 24.3 Å². The molecule has 0 aromatic heterocycles. The zero-order valence-corrected chi connectivity index (χ0v) is 15.8. The van der Waals surface area contributed by atoms with E-state index in [4.69, 9.17) is 4.74 Å². The Hall–Kier alpha value is -1.88. The van der Waals surface area contributed by atoms with Gasteiger partial charge in [-0.15, -0.1) is 12.4 Å². The van der Waals surface area contributed by atoms with Gasteiger partial charge < -0.3 is 9.84 Å². The second-order valence-electron chi connectivity index (χ2n) is 6.51. The SMILES string of the molecule is CCN1CCCC(OC(=O)C(O)(c2ccccc2)c2ccccc2)C1.Cl. The first-order chi connectivity index (χ1) is 12.1. The number of esters is 1. The first-order valence-corrected chi connectivity index (χ1v) is 8.91. The number of hydrogen-bond donors (Lipinski definition) is 1. The third-order valence-electron chi connectivity index (χ3n) is 4.86. The van der Waals surface area contributed by atoms with E-state index in [0.717, 1.165) is 32.5 Å². The fourth-order valence-corrected chi connectivity index (χ4v) is 3.39. The lowest BCUT2D eigenvalue weighted by Crippen LogP contribution is -2.45. The highest BCUT2D eigenvalue weighted by Crippen LogP contribution is 2.32. The Morgan fingerprint density at radius 3 is 2.15 bits per heavy atom. The molecule has 3 rings (SSSR count). The Bertz CT molecular complexity index is 653. The molecule has 2 aromatic carbocycles. The molecule has 1 fully saturated rings. The number of likely N-dealkylation sites (N-methyl/N-ethyl adjacent to an activating group) is 1. The normalized spacial score (nSPS) is 18.0. The van der Waals surface area contributed by atoms with Gasteiger partial charge >= 0.3 is 5.97 Å². The number of carbonyl (C=O) groups is 1. The first kappa shape index (κ1) is 20.4. The van der Waals surface area contributed by atoms with Crippen molar-refractivity contribution in [1.29, 1.82) is 0 Å². The van der Waals surface area contributed by atoms with Crippen LogP contribution in [0, 0.1) is 0 Å². The number of piperidine rings is 1. The Labute approximate surface area is 161 Å². The molecule has 0 amide bonds. The highest BCUT2D eigenvalue weighted by atomic mass is 35.5. The summed E-state index contributed by atoms with van der Waals surface area (Å²) in [5, 5.41) is 11.4. The van der Waals surface area contributed by atoms with Crippen LogP contribution < -0.4 is 0 Å². The van der Waals surface area contributed by atoms with Crippen LogP contribution in [0.1, 0.15) is 30.9 Å². The maximum atomic E-state index is 13.0. The number of aliphatic hydroxyl groups is 1. The number of hydrogen-bond acceptors (Lipinski definition) is 4. The van der Waals surface area contributed by atoms with Gasteiger partial charge in [0.05, 0.1) is 0 Å². The summed E-state index contributed by atoms with van der Waals surface area (Å²) >= 11 is 0. The second kappa shape index (κ2) is 9.17. The minimum Gasteiger partial charge on any atom is -0.458 e. The lowest BCUT2D eigenvalue weighted by Gasteiger charge is -2.34. The second-order valence-corrected chi connectivity index (χ2v) is 6.51. The fraction of sp³-hybridized carbons (Fsp3) is 0.381. The Morgan fingerprint density at radius 2 is 1.65 bits per heavy atom. The van der Waals surface area contributed by atoms with Crippen molar-refractivity contribution in [2.24, 2.45) is 0 Å². The van der Waals surface area contributed by atoms with Gasteiger partial charge in [0.2, 0.25) is 5.60 Å². The van der Waals surface area contributed by atoms with Crippen LogP contribution >= 0.6 is 12.4 Å². The summed E-state index contributed by atoms with van der Waals surface area (Å²) < 4.78 is 5.77. The average molecular weight is 376 g/mol. The number of nitrogens with zero attached hydrogens (tertiary/aromatic N) is 1. The van der Waals surface area contributed by atoms with Crippen molar-refractivity contribution in [3.05, 3.63) is 71.8 Å². The van der Waals surface area contributed by atoms with Crippen molar-refractivity contribution in [3.8, 4) is 0 Å². The van der Waals surface area contributed by atoms with Gasteiger partial charge in [-0.2, -0.15) is 0 Å². The first-order valence-electron chi connectivity index (χ1n) is 8.91. The van der Waals surface area contributed by atoms with Gasteiger partial charge in [-0.25, -0.2) is 4.79 Å². The predicted molar refractivity (Wildman–Crippen MR) is 104 cm³/mol. The lowest BCUT2D eigenvalue weighted by molar-refractivity contribution is -0.170. The molecule has 1 aliphatic rings. The topological polar surface area (TPSA) is 49.8 Å². The molecule has 1 atom stereocenters. The molecular weight excluding hydrogens is 350 g/mol. The summed E-state index contributed by atoms with van der Waals surface area (Å²) in [4.78, 5) is 15.3. The minimum atomic E-state index is -1.79. The van der Waals surface area contributed by atoms with Gasteiger partial charge in [0.25, 0.3) is 0 Å². The number of benzene rings is 2. The molecule has 2 aromatic rings. The number of halogens is 1. The smallest absolute Gasteiger partial charge is 0.348 e. The summed E-state index contributed by atoms with van der Waals surface area (Å²) in [6, 6.07) is 18.0. The van der Waals surface area contributed by atoms with Crippen molar-refractivity contribution in [1.82, 2.24) is 4.90 Å². The highest BCUT2D eigenvalue weighted by molar-refractivity contribution is 5.86. The molecule has 1 saturated heterocycles. The van der Waals surface area contributed by atoms with Gasteiger partial charge in [0, 0.05) is 6.54 Å². The number of likely N-dealkylation sites (tertiary alicyclic amines) is 1.